The van der Waals surface area contributed by atoms with Gasteiger partial charge in [-0.3, -0.25) is 0 Å². The Hall–Kier alpha value is -1.20. The zero-order chi connectivity index (χ0) is 8.97. The molecule has 1 rings (SSSR count). The van der Waals surface area contributed by atoms with E-state index in [1.165, 1.54) is 0 Å². The van der Waals surface area contributed by atoms with Gasteiger partial charge in [0.15, 0.2) is 0 Å². The number of carboxylic acid groups (broad SMARTS) is 1. The third kappa shape index (κ3) is 2.14. The molecular formula is C7H7N2O2S-. The standard InChI is InChI=1S/C7H8N2O2S/c8-3-1-2-5-4-12-6(9-5)7(10)11/h1-2,4H,3,8H2,(H,10,11)/p-1. The second-order valence-corrected chi connectivity index (χ2v) is 2.86. The number of nitrogens with two attached hydrogens (primary N) is 1. The predicted octanol–water partition coefficient (Wildman–Crippen LogP) is -0.522. The van der Waals surface area contributed by atoms with E-state index < -0.39 is 5.97 Å². The number of carbonyl (C=O) groups excluding carboxylic acids is 1. The molecular weight excluding hydrogens is 176 g/mol. The first kappa shape index (κ1) is 8.89. The summed E-state index contributed by atoms with van der Waals surface area (Å²) in [5, 5.41) is 11.9. The second kappa shape index (κ2) is 3.99. The van der Waals surface area contributed by atoms with E-state index in [1.54, 1.807) is 17.5 Å². The molecule has 0 fully saturated rings. The number of aromatic nitrogens is 1. The van der Waals surface area contributed by atoms with Crippen LogP contribution < -0.4 is 10.8 Å². The van der Waals surface area contributed by atoms with Gasteiger partial charge in [0.1, 0.15) is 11.0 Å². The number of hydrogen-bond donors (Lipinski definition) is 1. The number of thiazole rings is 1. The van der Waals surface area contributed by atoms with Gasteiger partial charge >= 0.3 is 0 Å². The molecule has 4 nitrogen and oxygen atoms in total. The average molecular weight is 183 g/mol. The zero-order valence-corrected chi connectivity index (χ0v) is 7.00. The molecule has 0 aromatic carbocycles. The smallest absolute Gasteiger partial charge is 0.139 e. The van der Waals surface area contributed by atoms with Gasteiger partial charge in [0.25, 0.3) is 0 Å². The number of nitrogens with zero attached hydrogens (tertiary/aromatic N) is 1. The van der Waals surface area contributed by atoms with Crippen molar-refractivity contribution in [3.05, 3.63) is 22.2 Å². The number of hydrogen-bond acceptors (Lipinski definition) is 5. The Balaban J connectivity index is 2.77. The van der Waals surface area contributed by atoms with Gasteiger partial charge in [-0.05, 0) is 6.08 Å². The Labute approximate surface area is 73.4 Å². The summed E-state index contributed by atoms with van der Waals surface area (Å²) in [5.74, 6) is -1.24. The monoisotopic (exact) mass is 183 g/mol. The molecule has 64 valence electrons. The predicted molar refractivity (Wildman–Crippen MR) is 44.5 cm³/mol. The van der Waals surface area contributed by atoms with Crippen molar-refractivity contribution in [2.75, 3.05) is 6.54 Å². The van der Waals surface area contributed by atoms with Crippen LogP contribution >= 0.6 is 11.3 Å². The van der Waals surface area contributed by atoms with Crippen LogP contribution in [0.4, 0.5) is 0 Å². The summed E-state index contributed by atoms with van der Waals surface area (Å²) < 4.78 is 0. The van der Waals surface area contributed by atoms with Gasteiger partial charge in [-0.2, -0.15) is 0 Å². The minimum Gasteiger partial charge on any atom is -0.542 e. The first-order valence-corrected chi connectivity index (χ1v) is 4.15. The number of carboxylic acids is 1. The van der Waals surface area contributed by atoms with Crippen molar-refractivity contribution in [3.63, 3.8) is 0 Å². The summed E-state index contributed by atoms with van der Waals surface area (Å²) in [6, 6.07) is 0. The van der Waals surface area contributed by atoms with E-state index in [-0.39, 0.29) is 5.01 Å². The van der Waals surface area contributed by atoms with Crippen LogP contribution in [0.15, 0.2) is 11.5 Å². The van der Waals surface area contributed by atoms with Gasteiger partial charge in [0, 0.05) is 11.9 Å². The second-order valence-electron chi connectivity index (χ2n) is 2.00. The Morgan fingerprint density at radius 3 is 3.08 bits per heavy atom. The zero-order valence-electron chi connectivity index (χ0n) is 6.19. The van der Waals surface area contributed by atoms with Crippen LogP contribution in [-0.4, -0.2) is 17.5 Å². The molecule has 1 aromatic rings. The van der Waals surface area contributed by atoms with Gasteiger partial charge < -0.3 is 15.6 Å². The fourth-order valence-electron chi connectivity index (χ4n) is 0.645. The minimum atomic E-state index is -1.24. The normalized spacial score (nSPS) is 10.8. The summed E-state index contributed by atoms with van der Waals surface area (Å²) in [6.07, 6.45) is 3.37. The van der Waals surface area contributed by atoms with Crippen molar-refractivity contribution in [1.29, 1.82) is 0 Å². The molecule has 0 unspecified atom stereocenters. The van der Waals surface area contributed by atoms with Gasteiger partial charge in [0.05, 0.1) is 5.69 Å². The highest BCUT2D eigenvalue weighted by atomic mass is 32.1. The molecule has 0 atom stereocenters. The van der Waals surface area contributed by atoms with Crippen molar-refractivity contribution < 1.29 is 9.90 Å². The molecule has 0 bridgehead atoms. The number of carbonyl (C=O) groups is 1. The van der Waals surface area contributed by atoms with Crippen LogP contribution in [0.25, 0.3) is 6.08 Å². The Bertz CT molecular complexity index is 306. The highest BCUT2D eigenvalue weighted by molar-refractivity contribution is 7.11. The summed E-state index contributed by atoms with van der Waals surface area (Å²) in [7, 11) is 0. The van der Waals surface area contributed by atoms with Crippen LogP contribution in [0.2, 0.25) is 0 Å². The molecule has 0 radical (unpaired) electrons. The maximum absolute atomic E-state index is 10.3. The first-order chi connectivity index (χ1) is 5.74. The lowest BCUT2D eigenvalue weighted by Crippen LogP contribution is -2.21. The maximum Gasteiger partial charge on any atom is 0.139 e. The molecule has 0 aliphatic rings. The topological polar surface area (TPSA) is 79.0 Å². The Morgan fingerprint density at radius 2 is 2.58 bits per heavy atom. The summed E-state index contributed by atoms with van der Waals surface area (Å²) in [6.45, 7) is 0.415. The summed E-state index contributed by atoms with van der Waals surface area (Å²) in [4.78, 5) is 14.0. The van der Waals surface area contributed by atoms with E-state index in [4.69, 9.17) is 5.73 Å². The van der Waals surface area contributed by atoms with E-state index >= 15 is 0 Å². The van der Waals surface area contributed by atoms with E-state index in [1.807, 2.05) is 0 Å². The first-order valence-electron chi connectivity index (χ1n) is 3.27. The van der Waals surface area contributed by atoms with E-state index in [0.717, 1.165) is 11.3 Å². The van der Waals surface area contributed by atoms with Crippen LogP contribution in [-0.2, 0) is 0 Å². The third-order valence-corrected chi connectivity index (χ3v) is 1.96. The largest absolute Gasteiger partial charge is 0.542 e. The van der Waals surface area contributed by atoms with E-state index in [0.29, 0.717) is 12.2 Å². The van der Waals surface area contributed by atoms with Gasteiger partial charge in [-0.1, -0.05) is 6.08 Å². The Morgan fingerprint density at radius 1 is 1.83 bits per heavy atom. The van der Waals surface area contributed by atoms with Gasteiger partial charge in [-0.15, -0.1) is 11.3 Å². The molecule has 0 aliphatic carbocycles. The van der Waals surface area contributed by atoms with Crippen LogP contribution in [0.1, 0.15) is 15.5 Å². The quantitative estimate of drug-likeness (QED) is 0.683. The lowest BCUT2D eigenvalue weighted by atomic mass is 10.4. The molecule has 5 heteroatoms. The van der Waals surface area contributed by atoms with Crippen molar-refractivity contribution in [3.8, 4) is 0 Å². The van der Waals surface area contributed by atoms with Gasteiger partial charge in [-0.25, -0.2) is 4.98 Å². The third-order valence-electron chi connectivity index (χ3n) is 1.12. The molecule has 0 saturated carbocycles. The summed E-state index contributed by atoms with van der Waals surface area (Å²) >= 11 is 1.04. The molecule has 0 saturated heterocycles. The lowest BCUT2D eigenvalue weighted by Gasteiger charge is -1.91. The fraction of sp³-hybridized carbons (Fsp3) is 0.143. The van der Waals surface area contributed by atoms with Crippen LogP contribution in [0.3, 0.4) is 0 Å². The van der Waals surface area contributed by atoms with Crippen LogP contribution in [0.5, 0.6) is 0 Å². The van der Waals surface area contributed by atoms with Crippen molar-refractivity contribution in [1.82, 2.24) is 4.98 Å². The molecule has 0 amide bonds. The molecule has 1 heterocycles. The highest BCUT2D eigenvalue weighted by Crippen LogP contribution is 2.09. The molecule has 0 spiro atoms. The van der Waals surface area contributed by atoms with E-state index in [2.05, 4.69) is 4.98 Å². The van der Waals surface area contributed by atoms with Crippen LogP contribution in [0, 0.1) is 0 Å². The molecule has 2 N–H and O–H groups in total. The summed E-state index contributed by atoms with van der Waals surface area (Å²) in [5.41, 5.74) is 5.80. The fourth-order valence-corrected chi connectivity index (χ4v) is 1.26. The van der Waals surface area contributed by atoms with Crippen molar-refractivity contribution in [2.45, 2.75) is 0 Å². The SMILES string of the molecule is NCC=Cc1csc(C(=O)[O-])n1. The minimum absolute atomic E-state index is 0.00771. The molecule has 12 heavy (non-hydrogen) atoms. The number of aromatic carboxylic acids is 1. The Kier molecular flexibility index (Phi) is 2.95. The lowest BCUT2D eigenvalue weighted by molar-refractivity contribution is -0.255. The number of rotatable bonds is 3. The maximum atomic E-state index is 10.3. The van der Waals surface area contributed by atoms with Crippen molar-refractivity contribution >= 4 is 23.4 Å². The van der Waals surface area contributed by atoms with Crippen molar-refractivity contribution in [2.24, 2.45) is 5.73 Å². The van der Waals surface area contributed by atoms with E-state index in [9.17, 15) is 9.90 Å². The molecule has 0 aliphatic heterocycles. The highest BCUT2D eigenvalue weighted by Gasteiger charge is 1.98. The average Bonchev–Trinajstić information content (AvgIpc) is 2.48. The molecule has 1 aromatic heterocycles. The van der Waals surface area contributed by atoms with Gasteiger partial charge in [0.2, 0.25) is 0 Å².